The van der Waals surface area contributed by atoms with Crippen LogP contribution in [0.3, 0.4) is 0 Å². The number of hydrogen-bond donors (Lipinski definition) is 1. The van der Waals surface area contributed by atoms with Gasteiger partial charge in [-0.15, -0.1) is 0 Å². The quantitative estimate of drug-likeness (QED) is 0.804. The molecule has 0 atom stereocenters. The van der Waals surface area contributed by atoms with Gasteiger partial charge in [-0.3, -0.25) is 0 Å². The molecule has 2 rings (SSSR count). The Morgan fingerprint density at radius 3 is 3.07 bits per heavy atom. The van der Waals surface area contributed by atoms with Crippen LogP contribution in [0.5, 0.6) is 5.75 Å². The first-order valence-corrected chi connectivity index (χ1v) is 4.78. The molecule has 2 aromatic heterocycles. The number of pyridine rings is 1. The first-order valence-electron chi connectivity index (χ1n) is 3.99. The third kappa shape index (κ3) is 1.56. The van der Waals surface area contributed by atoms with E-state index in [0.29, 0.717) is 10.1 Å². The zero-order valence-electron chi connectivity index (χ0n) is 7.65. The molecule has 0 bridgehead atoms. The van der Waals surface area contributed by atoms with Crippen molar-refractivity contribution in [3.05, 3.63) is 22.5 Å². The van der Waals surface area contributed by atoms with Gasteiger partial charge in [-0.2, -0.15) is 0 Å². The topological polar surface area (TPSA) is 72.6 Å². The van der Waals surface area contributed by atoms with Crippen molar-refractivity contribution in [2.75, 3.05) is 7.11 Å². The predicted octanol–water partition coefficient (Wildman–Crippen LogP) is 2.08. The first-order chi connectivity index (χ1) is 7.13. The van der Waals surface area contributed by atoms with Crippen LogP contribution in [0, 0.1) is 0 Å². The molecule has 0 aromatic carbocycles. The highest BCUT2D eigenvalue weighted by Crippen LogP contribution is 2.31. The number of rotatable bonds is 1. The Hall–Kier alpha value is -1.56. The van der Waals surface area contributed by atoms with Gasteiger partial charge in [-0.05, 0) is 22.0 Å². The number of aromatic hydroxyl groups is 1. The summed E-state index contributed by atoms with van der Waals surface area (Å²) in [6.07, 6.45) is 1.50. The number of carbonyl (C=O) groups is 1. The standard InChI is InChI=1S/C9H6BrNO4/c1-14-9(13)8-7(12)6-5(15-8)2-4(10)3-11-6/h2-3,12H,1H3. The Morgan fingerprint density at radius 2 is 2.40 bits per heavy atom. The molecular formula is C9H6BrNO4. The predicted molar refractivity (Wildman–Crippen MR) is 54.7 cm³/mol. The molecule has 0 aliphatic heterocycles. The third-order valence-corrected chi connectivity index (χ3v) is 2.28. The van der Waals surface area contributed by atoms with E-state index >= 15 is 0 Å². The van der Waals surface area contributed by atoms with Crippen LogP contribution >= 0.6 is 15.9 Å². The van der Waals surface area contributed by atoms with Crippen LogP contribution in [0.1, 0.15) is 10.6 Å². The fraction of sp³-hybridized carbons (Fsp3) is 0.111. The number of hydrogen-bond acceptors (Lipinski definition) is 5. The summed E-state index contributed by atoms with van der Waals surface area (Å²) in [5.74, 6) is -1.27. The van der Waals surface area contributed by atoms with E-state index in [2.05, 4.69) is 25.7 Å². The van der Waals surface area contributed by atoms with Crippen LogP contribution in [0.15, 0.2) is 21.2 Å². The summed E-state index contributed by atoms with van der Waals surface area (Å²) in [6, 6.07) is 1.61. The number of furan rings is 1. The van der Waals surface area contributed by atoms with Crippen molar-refractivity contribution in [1.29, 1.82) is 0 Å². The van der Waals surface area contributed by atoms with Gasteiger partial charge in [0, 0.05) is 10.7 Å². The highest BCUT2D eigenvalue weighted by molar-refractivity contribution is 9.10. The van der Waals surface area contributed by atoms with E-state index in [1.807, 2.05) is 0 Å². The van der Waals surface area contributed by atoms with Crippen molar-refractivity contribution in [2.45, 2.75) is 0 Å². The van der Waals surface area contributed by atoms with Crippen molar-refractivity contribution in [1.82, 2.24) is 4.98 Å². The molecule has 0 saturated carbocycles. The minimum atomic E-state index is -0.735. The number of carbonyl (C=O) groups excluding carboxylic acids is 1. The Balaban J connectivity index is 2.69. The van der Waals surface area contributed by atoms with Gasteiger partial charge < -0.3 is 14.3 Å². The SMILES string of the molecule is COC(=O)c1oc2cc(Br)cnc2c1O. The van der Waals surface area contributed by atoms with Gasteiger partial charge in [0.25, 0.3) is 5.76 Å². The Bertz CT molecular complexity index is 534. The lowest BCUT2D eigenvalue weighted by atomic mass is 10.3. The molecule has 1 N–H and O–H groups in total. The van der Waals surface area contributed by atoms with Crippen LogP contribution in [-0.2, 0) is 4.74 Å². The molecule has 2 aromatic rings. The summed E-state index contributed by atoms with van der Waals surface area (Å²) in [5, 5.41) is 9.61. The molecule has 78 valence electrons. The maximum Gasteiger partial charge on any atom is 0.378 e. The first kappa shape index (κ1) is 9.97. The van der Waals surface area contributed by atoms with Gasteiger partial charge >= 0.3 is 5.97 Å². The van der Waals surface area contributed by atoms with Crippen molar-refractivity contribution >= 4 is 33.0 Å². The lowest BCUT2D eigenvalue weighted by Crippen LogP contribution is -1.98. The van der Waals surface area contributed by atoms with Gasteiger partial charge in [0.2, 0.25) is 0 Å². The Kier molecular flexibility index (Phi) is 2.36. The summed E-state index contributed by atoms with van der Waals surface area (Å²) in [5.41, 5.74) is 0.556. The summed E-state index contributed by atoms with van der Waals surface area (Å²) in [4.78, 5) is 15.1. The molecule has 5 nitrogen and oxygen atoms in total. The number of ether oxygens (including phenoxy) is 1. The van der Waals surface area contributed by atoms with Gasteiger partial charge in [0.1, 0.15) is 0 Å². The van der Waals surface area contributed by atoms with Crippen molar-refractivity contribution in [3.8, 4) is 5.75 Å². The number of fused-ring (bicyclic) bond motifs is 1. The highest BCUT2D eigenvalue weighted by Gasteiger charge is 2.21. The average molecular weight is 272 g/mol. The monoisotopic (exact) mass is 271 g/mol. The third-order valence-electron chi connectivity index (χ3n) is 1.84. The van der Waals surface area contributed by atoms with E-state index in [1.165, 1.54) is 13.3 Å². The summed E-state index contributed by atoms with van der Waals surface area (Å²) in [7, 11) is 1.21. The Labute approximate surface area is 92.8 Å². The molecule has 0 saturated heterocycles. The fourth-order valence-electron chi connectivity index (χ4n) is 1.17. The number of halogens is 1. The molecule has 0 fully saturated rings. The minimum Gasteiger partial charge on any atom is -0.502 e. The molecule has 0 spiro atoms. The van der Waals surface area contributed by atoms with Gasteiger partial charge in [-0.1, -0.05) is 0 Å². The van der Waals surface area contributed by atoms with Crippen LogP contribution in [0.25, 0.3) is 11.1 Å². The summed E-state index contributed by atoms with van der Waals surface area (Å²) in [6.45, 7) is 0. The van der Waals surface area contributed by atoms with E-state index in [1.54, 1.807) is 6.07 Å². The lowest BCUT2D eigenvalue weighted by molar-refractivity contribution is 0.0563. The van der Waals surface area contributed by atoms with Crippen LogP contribution in [-0.4, -0.2) is 23.2 Å². The molecule has 6 heteroatoms. The summed E-state index contributed by atoms with van der Waals surface area (Å²) >= 11 is 3.20. The van der Waals surface area contributed by atoms with Gasteiger partial charge in [-0.25, -0.2) is 9.78 Å². The van der Waals surface area contributed by atoms with Crippen LogP contribution in [0.4, 0.5) is 0 Å². The van der Waals surface area contributed by atoms with Crippen molar-refractivity contribution in [3.63, 3.8) is 0 Å². The largest absolute Gasteiger partial charge is 0.502 e. The second-order valence-electron chi connectivity index (χ2n) is 2.77. The maximum atomic E-state index is 11.2. The molecule has 0 aliphatic rings. The molecule has 2 heterocycles. The van der Waals surface area contributed by atoms with Crippen molar-refractivity contribution in [2.24, 2.45) is 0 Å². The molecule has 0 unspecified atom stereocenters. The normalized spacial score (nSPS) is 10.5. The summed E-state index contributed by atoms with van der Waals surface area (Å²) < 4.78 is 10.3. The smallest absolute Gasteiger partial charge is 0.378 e. The molecule has 0 aliphatic carbocycles. The van der Waals surface area contributed by atoms with E-state index < -0.39 is 5.97 Å². The molecule has 15 heavy (non-hydrogen) atoms. The van der Waals surface area contributed by atoms with Gasteiger partial charge in [0.15, 0.2) is 16.8 Å². The number of nitrogens with zero attached hydrogens (tertiary/aromatic N) is 1. The zero-order chi connectivity index (χ0) is 11.0. The molecule has 0 radical (unpaired) electrons. The van der Waals surface area contributed by atoms with E-state index in [9.17, 15) is 9.90 Å². The number of esters is 1. The van der Waals surface area contributed by atoms with Crippen LogP contribution < -0.4 is 0 Å². The van der Waals surface area contributed by atoms with E-state index in [-0.39, 0.29) is 17.0 Å². The molecule has 0 amide bonds. The maximum absolute atomic E-state index is 11.2. The van der Waals surface area contributed by atoms with Crippen LogP contribution in [0.2, 0.25) is 0 Å². The van der Waals surface area contributed by atoms with Crippen molar-refractivity contribution < 1.29 is 19.1 Å². The fourth-order valence-corrected chi connectivity index (χ4v) is 1.48. The van der Waals surface area contributed by atoms with Gasteiger partial charge in [0.05, 0.1) is 7.11 Å². The minimum absolute atomic E-state index is 0.235. The average Bonchev–Trinajstić information content (AvgIpc) is 2.54. The second kappa shape index (κ2) is 3.54. The zero-order valence-corrected chi connectivity index (χ0v) is 9.24. The number of methoxy groups -OCH3 is 1. The second-order valence-corrected chi connectivity index (χ2v) is 3.69. The number of aromatic nitrogens is 1. The van der Waals surface area contributed by atoms with E-state index in [0.717, 1.165) is 0 Å². The lowest BCUT2D eigenvalue weighted by Gasteiger charge is -1.92. The molecular weight excluding hydrogens is 266 g/mol. The highest BCUT2D eigenvalue weighted by atomic mass is 79.9. The Morgan fingerprint density at radius 1 is 1.67 bits per heavy atom. The van der Waals surface area contributed by atoms with E-state index in [4.69, 9.17) is 4.42 Å².